The van der Waals surface area contributed by atoms with E-state index in [-0.39, 0.29) is 0 Å². The monoisotopic (exact) mass is 158 g/mol. The highest BCUT2D eigenvalue weighted by molar-refractivity contribution is 7.80. The standard InChI is InChI=1S/C8H14OS/c1-3-5-8(9,7-10)6-4-2/h3-4,9-10H,1-2,5-7H2. The van der Waals surface area contributed by atoms with E-state index in [9.17, 15) is 5.11 Å². The van der Waals surface area contributed by atoms with Gasteiger partial charge < -0.3 is 5.11 Å². The summed E-state index contributed by atoms with van der Waals surface area (Å²) < 4.78 is 0. The van der Waals surface area contributed by atoms with Crippen LogP contribution in [-0.2, 0) is 0 Å². The second kappa shape index (κ2) is 4.58. The van der Waals surface area contributed by atoms with E-state index in [0.29, 0.717) is 18.6 Å². The molecule has 0 amide bonds. The molecule has 0 rings (SSSR count). The van der Waals surface area contributed by atoms with Crippen molar-refractivity contribution < 1.29 is 5.11 Å². The van der Waals surface area contributed by atoms with Gasteiger partial charge in [-0.25, -0.2) is 0 Å². The summed E-state index contributed by atoms with van der Waals surface area (Å²) in [7, 11) is 0. The van der Waals surface area contributed by atoms with Crippen molar-refractivity contribution in [1.29, 1.82) is 0 Å². The number of rotatable bonds is 5. The van der Waals surface area contributed by atoms with E-state index in [2.05, 4.69) is 25.8 Å². The fourth-order valence-electron chi connectivity index (χ4n) is 0.750. The molecule has 0 aliphatic heterocycles. The summed E-state index contributed by atoms with van der Waals surface area (Å²) >= 11 is 4.02. The Hall–Kier alpha value is -0.210. The SMILES string of the molecule is C=CCC(O)(CS)CC=C. The van der Waals surface area contributed by atoms with Gasteiger partial charge >= 0.3 is 0 Å². The van der Waals surface area contributed by atoms with Crippen LogP contribution in [0.4, 0.5) is 0 Å². The molecule has 1 N–H and O–H groups in total. The van der Waals surface area contributed by atoms with Gasteiger partial charge in [0.05, 0.1) is 5.60 Å². The Morgan fingerprint density at radius 2 is 1.70 bits per heavy atom. The van der Waals surface area contributed by atoms with Crippen LogP contribution in [0.1, 0.15) is 12.8 Å². The Balaban J connectivity index is 3.92. The maximum atomic E-state index is 9.60. The third kappa shape index (κ3) is 3.08. The number of aliphatic hydroxyl groups is 1. The van der Waals surface area contributed by atoms with Crippen LogP contribution in [0.15, 0.2) is 25.3 Å². The summed E-state index contributed by atoms with van der Waals surface area (Å²) in [6.07, 6.45) is 4.53. The van der Waals surface area contributed by atoms with Crippen LogP contribution >= 0.6 is 12.6 Å². The molecule has 1 nitrogen and oxygen atoms in total. The highest BCUT2D eigenvalue weighted by Crippen LogP contribution is 2.17. The molecule has 0 atom stereocenters. The lowest BCUT2D eigenvalue weighted by molar-refractivity contribution is 0.0721. The Morgan fingerprint density at radius 1 is 1.30 bits per heavy atom. The lowest BCUT2D eigenvalue weighted by atomic mass is 9.98. The van der Waals surface area contributed by atoms with Crippen molar-refractivity contribution in [3.63, 3.8) is 0 Å². The largest absolute Gasteiger partial charge is 0.388 e. The van der Waals surface area contributed by atoms with Crippen LogP contribution in [0.3, 0.4) is 0 Å². The summed E-state index contributed by atoms with van der Waals surface area (Å²) in [5.41, 5.74) is -0.730. The first kappa shape index (κ1) is 9.79. The van der Waals surface area contributed by atoms with Gasteiger partial charge in [-0.15, -0.1) is 13.2 Å². The number of thiol groups is 1. The highest BCUT2D eigenvalue weighted by Gasteiger charge is 2.20. The molecule has 0 radical (unpaired) electrons. The second-order valence-corrected chi connectivity index (χ2v) is 2.68. The first-order chi connectivity index (χ1) is 4.68. The molecule has 0 fully saturated rings. The summed E-state index contributed by atoms with van der Waals surface area (Å²) in [6, 6.07) is 0. The third-order valence-electron chi connectivity index (χ3n) is 1.34. The molecule has 0 spiro atoms. The third-order valence-corrected chi connectivity index (χ3v) is 1.93. The van der Waals surface area contributed by atoms with Crippen molar-refractivity contribution in [2.45, 2.75) is 18.4 Å². The van der Waals surface area contributed by atoms with Crippen molar-refractivity contribution in [2.75, 3.05) is 5.75 Å². The van der Waals surface area contributed by atoms with E-state index >= 15 is 0 Å². The predicted octanol–water partition coefficient (Wildman–Crippen LogP) is 1.80. The molecule has 0 aromatic heterocycles. The van der Waals surface area contributed by atoms with Gasteiger partial charge in [-0.2, -0.15) is 12.6 Å². The molecule has 0 aliphatic carbocycles. The van der Waals surface area contributed by atoms with Crippen LogP contribution < -0.4 is 0 Å². The van der Waals surface area contributed by atoms with Gasteiger partial charge in [0, 0.05) is 5.75 Å². The van der Waals surface area contributed by atoms with Crippen molar-refractivity contribution >= 4 is 12.6 Å². The average molecular weight is 158 g/mol. The van der Waals surface area contributed by atoms with E-state index in [0.717, 1.165) is 0 Å². The van der Waals surface area contributed by atoms with E-state index in [1.54, 1.807) is 12.2 Å². The molecule has 0 saturated carbocycles. The minimum atomic E-state index is -0.730. The Kier molecular flexibility index (Phi) is 4.49. The fraction of sp³-hybridized carbons (Fsp3) is 0.500. The topological polar surface area (TPSA) is 20.2 Å². The molecule has 0 saturated heterocycles. The smallest absolute Gasteiger partial charge is 0.0803 e. The van der Waals surface area contributed by atoms with Gasteiger partial charge in [0.15, 0.2) is 0 Å². The first-order valence-corrected chi connectivity index (χ1v) is 3.87. The minimum absolute atomic E-state index is 0.449. The van der Waals surface area contributed by atoms with Crippen molar-refractivity contribution in [3.8, 4) is 0 Å². The highest BCUT2D eigenvalue weighted by atomic mass is 32.1. The number of hydrogen-bond acceptors (Lipinski definition) is 2. The second-order valence-electron chi connectivity index (χ2n) is 2.37. The zero-order valence-corrected chi connectivity index (χ0v) is 6.98. The van der Waals surface area contributed by atoms with E-state index in [1.807, 2.05) is 0 Å². The normalized spacial score (nSPS) is 11.0. The van der Waals surface area contributed by atoms with Crippen LogP contribution in [0.5, 0.6) is 0 Å². The van der Waals surface area contributed by atoms with Crippen molar-refractivity contribution in [2.24, 2.45) is 0 Å². The molecule has 0 bridgehead atoms. The van der Waals surface area contributed by atoms with Gasteiger partial charge in [-0.05, 0) is 12.8 Å². The molecule has 10 heavy (non-hydrogen) atoms. The van der Waals surface area contributed by atoms with Gasteiger partial charge in [0.2, 0.25) is 0 Å². The first-order valence-electron chi connectivity index (χ1n) is 3.23. The van der Waals surface area contributed by atoms with Crippen LogP contribution in [0, 0.1) is 0 Å². The Morgan fingerprint density at radius 3 is 1.90 bits per heavy atom. The summed E-state index contributed by atoms with van der Waals surface area (Å²) in [4.78, 5) is 0. The van der Waals surface area contributed by atoms with Crippen molar-refractivity contribution in [3.05, 3.63) is 25.3 Å². The lowest BCUT2D eigenvalue weighted by Crippen LogP contribution is -2.29. The Labute approximate surface area is 67.9 Å². The van der Waals surface area contributed by atoms with Gasteiger partial charge in [0.25, 0.3) is 0 Å². The molecule has 0 aromatic carbocycles. The van der Waals surface area contributed by atoms with E-state index in [1.165, 1.54) is 0 Å². The summed E-state index contributed by atoms with van der Waals surface area (Å²) in [5, 5.41) is 9.60. The fourth-order valence-corrected chi connectivity index (χ4v) is 1.01. The molecular formula is C8H14OS. The van der Waals surface area contributed by atoms with Gasteiger partial charge in [-0.3, -0.25) is 0 Å². The molecule has 0 aliphatic rings. The molecule has 0 aromatic rings. The summed E-state index contributed by atoms with van der Waals surface area (Å²) in [5.74, 6) is 0.449. The Bertz CT molecular complexity index is 110. The molecule has 58 valence electrons. The van der Waals surface area contributed by atoms with E-state index < -0.39 is 5.60 Å². The van der Waals surface area contributed by atoms with Crippen molar-refractivity contribution in [1.82, 2.24) is 0 Å². The van der Waals surface area contributed by atoms with E-state index in [4.69, 9.17) is 0 Å². The van der Waals surface area contributed by atoms with Gasteiger partial charge in [-0.1, -0.05) is 12.2 Å². The molecule has 0 unspecified atom stereocenters. The zero-order valence-electron chi connectivity index (χ0n) is 6.08. The average Bonchev–Trinajstić information content (AvgIpc) is 1.89. The molecular weight excluding hydrogens is 144 g/mol. The van der Waals surface area contributed by atoms with Crippen LogP contribution in [0.2, 0.25) is 0 Å². The maximum absolute atomic E-state index is 9.60. The van der Waals surface area contributed by atoms with Crippen LogP contribution in [0.25, 0.3) is 0 Å². The zero-order chi connectivity index (χ0) is 8.04. The maximum Gasteiger partial charge on any atom is 0.0803 e. The predicted molar refractivity (Wildman–Crippen MR) is 48.4 cm³/mol. The quantitative estimate of drug-likeness (QED) is 0.462. The molecule has 0 heterocycles. The molecule has 2 heteroatoms. The number of hydrogen-bond donors (Lipinski definition) is 2. The van der Waals surface area contributed by atoms with Crippen LogP contribution in [-0.4, -0.2) is 16.5 Å². The minimum Gasteiger partial charge on any atom is -0.388 e. The van der Waals surface area contributed by atoms with Gasteiger partial charge in [0.1, 0.15) is 0 Å². The summed E-state index contributed by atoms with van der Waals surface area (Å²) in [6.45, 7) is 7.10. The lowest BCUT2D eigenvalue weighted by Gasteiger charge is -2.22.